The summed E-state index contributed by atoms with van der Waals surface area (Å²) in [7, 11) is 1.59. The van der Waals surface area contributed by atoms with Gasteiger partial charge in [0.05, 0.1) is 5.75 Å². The minimum Gasteiger partial charge on any atom is -0.357 e. The molecule has 4 nitrogen and oxygen atoms in total. The summed E-state index contributed by atoms with van der Waals surface area (Å²) in [4.78, 5) is 28.0. The van der Waals surface area contributed by atoms with Gasteiger partial charge in [0.1, 0.15) is 6.04 Å². The number of aryl methyl sites for hydroxylation is 1. The summed E-state index contributed by atoms with van der Waals surface area (Å²) in [6.07, 6.45) is 0.533. The molecule has 2 aromatic rings. The molecule has 0 radical (unpaired) electrons. The standard InChI is InChI=1S/C21H25ClN2O2S/c1-4-19(21(26)23-3)24(13-16-7-5-6-8-18(16)22)20(25)14-27-17-11-9-15(2)10-12-17/h5-12,19H,4,13-14H2,1-3H3,(H,23,26)/t19-/m0/s1. The van der Waals surface area contributed by atoms with Gasteiger partial charge in [-0.3, -0.25) is 9.59 Å². The van der Waals surface area contributed by atoms with Crippen molar-refractivity contribution in [1.82, 2.24) is 10.2 Å². The maximum absolute atomic E-state index is 13.0. The van der Waals surface area contributed by atoms with Crippen molar-refractivity contribution >= 4 is 35.2 Å². The number of carbonyl (C=O) groups is 2. The SMILES string of the molecule is CC[C@@H](C(=O)NC)N(Cc1ccccc1Cl)C(=O)CSc1ccc(C)cc1. The molecule has 27 heavy (non-hydrogen) atoms. The van der Waals surface area contributed by atoms with Crippen LogP contribution in [0.1, 0.15) is 24.5 Å². The maximum Gasteiger partial charge on any atom is 0.242 e. The monoisotopic (exact) mass is 404 g/mol. The molecule has 1 atom stereocenters. The van der Waals surface area contributed by atoms with Crippen LogP contribution in [0.5, 0.6) is 0 Å². The fourth-order valence-corrected chi connectivity index (χ4v) is 3.74. The Morgan fingerprint density at radius 3 is 2.41 bits per heavy atom. The molecule has 144 valence electrons. The first-order valence-corrected chi connectivity index (χ1v) is 10.3. The average Bonchev–Trinajstić information content (AvgIpc) is 2.68. The van der Waals surface area contributed by atoms with Crippen LogP contribution in [0.25, 0.3) is 0 Å². The number of nitrogens with one attached hydrogen (secondary N) is 1. The van der Waals surface area contributed by atoms with Gasteiger partial charge in [0.2, 0.25) is 11.8 Å². The Kier molecular flexibility index (Phi) is 8.20. The van der Waals surface area contributed by atoms with E-state index >= 15 is 0 Å². The van der Waals surface area contributed by atoms with Gasteiger partial charge in [-0.1, -0.05) is 54.4 Å². The number of likely N-dealkylation sites (N-methyl/N-ethyl adjacent to an activating group) is 1. The minimum absolute atomic E-state index is 0.0871. The lowest BCUT2D eigenvalue weighted by molar-refractivity contribution is -0.139. The Hall–Kier alpha value is -1.98. The summed E-state index contributed by atoms with van der Waals surface area (Å²) < 4.78 is 0. The third kappa shape index (κ3) is 6.01. The lowest BCUT2D eigenvalue weighted by Crippen LogP contribution is -2.48. The van der Waals surface area contributed by atoms with Crippen LogP contribution in [0.3, 0.4) is 0 Å². The van der Waals surface area contributed by atoms with Gasteiger partial charge in [-0.15, -0.1) is 11.8 Å². The van der Waals surface area contributed by atoms with Gasteiger partial charge in [0.25, 0.3) is 0 Å². The number of benzene rings is 2. The first-order valence-electron chi connectivity index (χ1n) is 8.90. The molecular formula is C21H25ClN2O2S. The van der Waals surface area contributed by atoms with E-state index in [1.807, 2.05) is 56.3 Å². The molecule has 0 fully saturated rings. The normalized spacial score (nSPS) is 11.7. The molecule has 0 bridgehead atoms. The summed E-state index contributed by atoms with van der Waals surface area (Å²) >= 11 is 7.75. The van der Waals surface area contributed by atoms with Crippen LogP contribution in [0, 0.1) is 6.92 Å². The zero-order valence-electron chi connectivity index (χ0n) is 15.9. The van der Waals surface area contributed by atoms with Crippen molar-refractivity contribution < 1.29 is 9.59 Å². The Balaban J connectivity index is 2.19. The van der Waals surface area contributed by atoms with E-state index < -0.39 is 6.04 Å². The van der Waals surface area contributed by atoms with E-state index in [9.17, 15) is 9.59 Å². The average molecular weight is 405 g/mol. The van der Waals surface area contributed by atoms with Crippen LogP contribution in [-0.2, 0) is 16.1 Å². The van der Waals surface area contributed by atoms with E-state index in [1.54, 1.807) is 18.0 Å². The van der Waals surface area contributed by atoms with Gasteiger partial charge in [-0.05, 0) is 37.1 Å². The highest BCUT2D eigenvalue weighted by atomic mass is 35.5. The number of hydrogen-bond acceptors (Lipinski definition) is 3. The number of halogens is 1. The van der Waals surface area contributed by atoms with Gasteiger partial charge >= 0.3 is 0 Å². The third-order valence-corrected chi connectivity index (χ3v) is 5.68. The third-order valence-electron chi connectivity index (χ3n) is 4.31. The van der Waals surface area contributed by atoms with Crippen molar-refractivity contribution in [2.75, 3.05) is 12.8 Å². The lowest BCUT2D eigenvalue weighted by Gasteiger charge is -2.30. The molecule has 0 heterocycles. The minimum atomic E-state index is -0.530. The highest BCUT2D eigenvalue weighted by Gasteiger charge is 2.28. The molecule has 0 spiro atoms. The molecule has 1 N–H and O–H groups in total. The molecule has 6 heteroatoms. The van der Waals surface area contributed by atoms with Crippen molar-refractivity contribution in [3.8, 4) is 0 Å². The van der Waals surface area contributed by atoms with Crippen molar-refractivity contribution in [1.29, 1.82) is 0 Å². The van der Waals surface area contributed by atoms with Crippen molar-refractivity contribution in [3.63, 3.8) is 0 Å². The Morgan fingerprint density at radius 2 is 1.81 bits per heavy atom. The Bertz CT molecular complexity index is 780. The van der Waals surface area contributed by atoms with Crippen molar-refractivity contribution in [3.05, 3.63) is 64.7 Å². The Labute approximate surface area is 170 Å². The second-order valence-electron chi connectivity index (χ2n) is 6.25. The second kappa shape index (κ2) is 10.4. The fraction of sp³-hybridized carbons (Fsp3) is 0.333. The van der Waals surface area contributed by atoms with Gasteiger partial charge in [-0.2, -0.15) is 0 Å². The predicted octanol–water partition coefficient (Wildman–Crippen LogP) is 4.29. The molecule has 0 saturated heterocycles. The highest BCUT2D eigenvalue weighted by molar-refractivity contribution is 8.00. The van der Waals surface area contributed by atoms with E-state index in [2.05, 4.69) is 5.32 Å². The van der Waals surface area contributed by atoms with Gasteiger partial charge in [0.15, 0.2) is 0 Å². The van der Waals surface area contributed by atoms with E-state index in [-0.39, 0.29) is 17.6 Å². The van der Waals surface area contributed by atoms with Gasteiger partial charge < -0.3 is 10.2 Å². The number of thioether (sulfide) groups is 1. The molecule has 0 aromatic heterocycles. The molecular weight excluding hydrogens is 380 g/mol. The molecule has 0 saturated carbocycles. The molecule has 0 aliphatic carbocycles. The number of rotatable bonds is 8. The summed E-state index contributed by atoms with van der Waals surface area (Å²) in [6, 6.07) is 14.9. The largest absolute Gasteiger partial charge is 0.357 e. The summed E-state index contributed by atoms with van der Waals surface area (Å²) in [5.74, 6) is 0.00950. The van der Waals surface area contributed by atoms with E-state index in [0.717, 1.165) is 10.5 Å². The summed E-state index contributed by atoms with van der Waals surface area (Å²) in [5.41, 5.74) is 2.01. The number of hydrogen-bond donors (Lipinski definition) is 1. The lowest BCUT2D eigenvalue weighted by atomic mass is 10.1. The first-order chi connectivity index (χ1) is 13.0. The van der Waals surface area contributed by atoms with Crippen LogP contribution < -0.4 is 5.32 Å². The van der Waals surface area contributed by atoms with Gasteiger partial charge in [-0.25, -0.2) is 0 Å². The molecule has 0 aliphatic rings. The topological polar surface area (TPSA) is 49.4 Å². The van der Waals surface area contributed by atoms with Crippen LogP contribution >= 0.6 is 23.4 Å². The maximum atomic E-state index is 13.0. The molecule has 0 aliphatic heterocycles. The summed E-state index contributed by atoms with van der Waals surface area (Å²) in [6.45, 7) is 4.24. The fourth-order valence-electron chi connectivity index (χ4n) is 2.76. The number of amides is 2. The number of nitrogens with zero attached hydrogens (tertiary/aromatic N) is 1. The van der Waals surface area contributed by atoms with Gasteiger partial charge in [0, 0.05) is 23.5 Å². The first kappa shape index (κ1) is 21.3. The highest BCUT2D eigenvalue weighted by Crippen LogP contribution is 2.23. The van der Waals surface area contributed by atoms with E-state index in [4.69, 9.17) is 11.6 Å². The molecule has 2 aromatic carbocycles. The van der Waals surface area contributed by atoms with E-state index in [1.165, 1.54) is 17.3 Å². The van der Waals surface area contributed by atoms with E-state index in [0.29, 0.717) is 18.0 Å². The zero-order chi connectivity index (χ0) is 19.8. The smallest absolute Gasteiger partial charge is 0.242 e. The van der Waals surface area contributed by atoms with Crippen LogP contribution in [0.15, 0.2) is 53.4 Å². The van der Waals surface area contributed by atoms with Crippen LogP contribution in [-0.4, -0.2) is 35.6 Å². The van der Waals surface area contributed by atoms with Crippen molar-refractivity contribution in [2.45, 2.75) is 37.8 Å². The van der Waals surface area contributed by atoms with Crippen molar-refractivity contribution in [2.24, 2.45) is 0 Å². The van der Waals surface area contributed by atoms with Crippen LogP contribution in [0.4, 0.5) is 0 Å². The molecule has 2 rings (SSSR count). The van der Waals surface area contributed by atoms with Crippen LogP contribution in [0.2, 0.25) is 5.02 Å². The predicted molar refractivity (Wildman–Crippen MR) is 112 cm³/mol. The quantitative estimate of drug-likeness (QED) is 0.667. The number of carbonyl (C=O) groups excluding carboxylic acids is 2. The second-order valence-corrected chi connectivity index (χ2v) is 7.71. The zero-order valence-corrected chi connectivity index (χ0v) is 17.4. The summed E-state index contributed by atoms with van der Waals surface area (Å²) in [5, 5.41) is 3.25. The molecule has 0 unspecified atom stereocenters. The molecule has 2 amide bonds. The Morgan fingerprint density at radius 1 is 1.15 bits per heavy atom.